The molecule has 0 saturated carbocycles. The fraction of sp³-hybridized carbons (Fsp3) is 0.400. The van der Waals surface area contributed by atoms with Crippen LogP contribution in [-0.4, -0.2) is 32.4 Å². The molecule has 2 fully saturated rings. The number of rotatable bonds is 5. The smallest absolute Gasteiger partial charge is 0.123 e. The largest absolute Gasteiger partial charge is 0.496 e. The van der Waals surface area contributed by atoms with Gasteiger partial charge >= 0.3 is 0 Å². The highest BCUT2D eigenvalue weighted by atomic mass is 16.5. The van der Waals surface area contributed by atoms with Crippen LogP contribution in [0, 0.1) is 5.92 Å². The fourth-order valence-electron chi connectivity index (χ4n) is 3.99. The lowest BCUT2D eigenvalue weighted by Crippen LogP contribution is -2.39. The predicted molar refractivity (Wildman–Crippen MR) is 94.0 cm³/mol. The zero-order valence-electron chi connectivity index (χ0n) is 13.9. The van der Waals surface area contributed by atoms with Gasteiger partial charge in [-0.3, -0.25) is 0 Å². The highest BCUT2D eigenvalue weighted by Crippen LogP contribution is 2.35. The minimum absolute atomic E-state index is 0.319. The first-order valence-electron chi connectivity index (χ1n) is 8.61. The van der Waals surface area contributed by atoms with Crippen molar-refractivity contribution in [2.24, 2.45) is 5.92 Å². The summed E-state index contributed by atoms with van der Waals surface area (Å²) in [5.74, 6) is 1.44. The Balaban J connectivity index is 1.54. The molecule has 2 aliphatic rings. The molecule has 4 unspecified atom stereocenters. The molecule has 126 valence electrons. The van der Waals surface area contributed by atoms with E-state index in [1.54, 1.807) is 7.11 Å². The van der Waals surface area contributed by atoms with E-state index in [9.17, 15) is 0 Å². The van der Waals surface area contributed by atoms with Crippen LogP contribution in [0.4, 0.5) is 0 Å². The van der Waals surface area contributed by atoms with Crippen LogP contribution in [0.3, 0.4) is 0 Å². The van der Waals surface area contributed by atoms with Gasteiger partial charge in [-0.1, -0.05) is 48.5 Å². The van der Waals surface area contributed by atoms with Crippen molar-refractivity contribution in [3.63, 3.8) is 0 Å². The maximum absolute atomic E-state index is 5.70. The van der Waals surface area contributed by atoms with E-state index in [2.05, 4.69) is 53.1 Å². The van der Waals surface area contributed by atoms with Crippen molar-refractivity contribution in [2.45, 2.75) is 24.7 Å². The second-order valence-electron chi connectivity index (χ2n) is 6.58. The van der Waals surface area contributed by atoms with Crippen molar-refractivity contribution in [2.75, 3.05) is 20.3 Å². The van der Waals surface area contributed by atoms with Gasteiger partial charge in [-0.15, -0.1) is 0 Å². The van der Waals surface area contributed by atoms with Crippen molar-refractivity contribution >= 4 is 0 Å². The molecule has 24 heavy (non-hydrogen) atoms. The van der Waals surface area contributed by atoms with Crippen molar-refractivity contribution in [3.8, 4) is 5.75 Å². The summed E-state index contributed by atoms with van der Waals surface area (Å²) in [6.45, 7) is 2.42. The van der Waals surface area contributed by atoms with Gasteiger partial charge < -0.3 is 20.1 Å². The number of methoxy groups -OCH3 is 1. The lowest BCUT2D eigenvalue weighted by Gasteiger charge is -2.25. The first-order chi connectivity index (χ1) is 11.9. The lowest BCUT2D eigenvalue weighted by atomic mass is 9.92. The summed E-state index contributed by atoms with van der Waals surface area (Å²) in [6, 6.07) is 20.0. The molecule has 2 aromatic carbocycles. The molecule has 0 radical (unpaired) electrons. The average molecular weight is 324 g/mol. The molecule has 4 atom stereocenters. The van der Waals surface area contributed by atoms with Gasteiger partial charge in [0.15, 0.2) is 0 Å². The Hall–Kier alpha value is -1.88. The maximum atomic E-state index is 5.70. The van der Waals surface area contributed by atoms with Crippen LogP contribution in [0.5, 0.6) is 5.75 Å². The normalized spacial score (nSPS) is 28.7. The van der Waals surface area contributed by atoms with Gasteiger partial charge in [-0.05, 0) is 11.6 Å². The number of hydrogen-bond acceptors (Lipinski definition) is 4. The second-order valence-corrected chi connectivity index (χ2v) is 6.58. The Kier molecular flexibility index (Phi) is 4.52. The molecular weight excluding hydrogens is 300 g/mol. The maximum Gasteiger partial charge on any atom is 0.123 e. The number of para-hydroxylation sites is 1. The van der Waals surface area contributed by atoms with Crippen LogP contribution in [0.15, 0.2) is 54.6 Å². The van der Waals surface area contributed by atoms with Gasteiger partial charge in [0.2, 0.25) is 0 Å². The van der Waals surface area contributed by atoms with Crippen LogP contribution >= 0.6 is 0 Å². The van der Waals surface area contributed by atoms with Crippen LogP contribution in [0.1, 0.15) is 17.2 Å². The summed E-state index contributed by atoms with van der Waals surface area (Å²) >= 11 is 0. The summed E-state index contributed by atoms with van der Waals surface area (Å²) in [5.41, 5.74) is 2.53. The van der Waals surface area contributed by atoms with Gasteiger partial charge in [0.1, 0.15) is 5.75 Å². The third-order valence-corrected chi connectivity index (χ3v) is 5.22. The molecule has 0 spiro atoms. The van der Waals surface area contributed by atoms with Gasteiger partial charge in [0.25, 0.3) is 0 Å². The van der Waals surface area contributed by atoms with Crippen molar-refractivity contribution in [1.82, 2.24) is 10.6 Å². The predicted octanol–water partition coefficient (Wildman–Crippen LogP) is 2.51. The van der Waals surface area contributed by atoms with E-state index < -0.39 is 0 Å². The molecule has 2 aliphatic heterocycles. The molecule has 0 aromatic heterocycles. The van der Waals surface area contributed by atoms with Gasteiger partial charge in [-0.2, -0.15) is 0 Å². The molecule has 2 aromatic rings. The van der Waals surface area contributed by atoms with E-state index in [1.165, 1.54) is 11.1 Å². The molecule has 2 heterocycles. The van der Waals surface area contributed by atoms with E-state index in [1.807, 2.05) is 12.1 Å². The fourth-order valence-corrected chi connectivity index (χ4v) is 3.99. The number of ether oxygens (including phenoxy) is 2. The van der Waals surface area contributed by atoms with Crippen LogP contribution in [-0.2, 0) is 11.3 Å². The molecule has 2 N–H and O–H groups in total. The molecule has 0 aliphatic carbocycles. The summed E-state index contributed by atoms with van der Waals surface area (Å²) in [6.07, 6.45) is 0. The zero-order chi connectivity index (χ0) is 16.4. The molecule has 4 heteroatoms. The third-order valence-electron chi connectivity index (χ3n) is 5.22. The van der Waals surface area contributed by atoms with E-state index in [0.29, 0.717) is 24.0 Å². The Morgan fingerprint density at radius 2 is 1.88 bits per heavy atom. The third kappa shape index (κ3) is 2.93. The molecular formula is C20H24N2O2. The quantitative estimate of drug-likeness (QED) is 0.887. The number of benzene rings is 2. The highest BCUT2D eigenvalue weighted by molar-refractivity contribution is 5.33. The van der Waals surface area contributed by atoms with Gasteiger partial charge in [-0.25, -0.2) is 0 Å². The molecule has 2 saturated heterocycles. The summed E-state index contributed by atoms with van der Waals surface area (Å²) in [7, 11) is 1.73. The topological polar surface area (TPSA) is 42.5 Å². The molecule has 0 bridgehead atoms. The monoisotopic (exact) mass is 324 g/mol. The average Bonchev–Trinajstić information content (AvgIpc) is 3.22. The Bertz CT molecular complexity index is 676. The minimum atomic E-state index is 0.319. The van der Waals surface area contributed by atoms with Crippen molar-refractivity contribution < 1.29 is 9.47 Å². The first kappa shape index (κ1) is 15.6. The minimum Gasteiger partial charge on any atom is -0.496 e. The summed E-state index contributed by atoms with van der Waals surface area (Å²) in [5, 5.41) is 7.54. The van der Waals surface area contributed by atoms with E-state index in [-0.39, 0.29) is 0 Å². The molecule has 4 nitrogen and oxygen atoms in total. The van der Waals surface area contributed by atoms with Crippen molar-refractivity contribution in [3.05, 3.63) is 65.7 Å². The van der Waals surface area contributed by atoms with E-state index in [4.69, 9.17) is 9.47 Å². The van der Waals surface area contributed by atoms with Gasteiger partial charge in [0, 0.05) is 36.2 Å². The van der Waals surface area contributed by atoms with Crippen LogP contribution in [0.25, 0.3) is 0 Å². The van der Waals surface area contributed by atoms with Crippen LogP contribution in [0.2, 0.25) is 0 Å². The summed E-state index contributed by atoms with van der Waals surface area (Å²) < 4.78 is 11.2. The Morgan fingerprint density at radius 3 is 2.71 bits per heavy atom. The molecule has 0 amide bonds. The lowest BCUT2D eigenvalue weighted by molar-refractivity contribution is 0.162. The van der Waals surface area contributed by atoms with E-state index in [0.717, 1.165) is 25.5 Å². The Labute approximate surface area is 143 Å². The standard InChI is InChI=1S/C20H24N2O2/c1-23-18-10-6-5-9-15(18)11-21-20-16-12-24-13-17(16)22-19(20)14-7-3-2-4-8-14/h2-10,16-17,19-22H,11-13H2,1H3. The second kappa shape index (κ2) is 6.93. The molecule has 4 rings (SSSR count). The number of nitrogens with one attached hydrogen (secondary N) is 2. The summed E-state index contributed by atoms with van der Waals surface area (Å²) in [4.78, 5) is 0. The van der Waals surface area contributed by atoms with Crippen molar-refractivity contribution in [1.29, 1.82) is 0 Å². The first-order valence-corrected chi connectivity index (χ1v) is 8.61. The van der Waals surface area contributed by atoms with E-state index >= 15 is 0 Å². The number of hydrogen-bond donors (Lipinski definition) is 2. The van der Waals surface area contributed by atoms with Crippen LogP contribution < -0.4 is 15.4 Å². The highest BCUT2D eigenvalue weighted by Gasteiger charge is 2.46. The number of fused-ring (bicyclic) bond motifs is 1. The Morgan fingerprint density at radius 1 is 1.08 bits per heavy atom. The zero-order valence-corrected chi connectivity index (χ0v) is 13.9. The SMILES string of the molecule is COc1ccccc1CNC1C(c2ccccc2)NC2COCC21. The van der Waals surface area contributed by atoms with Gasteiger partial charge in [0.05, 0.1) is 20.3 Å².